The van der Waals surface area contributed by atoms with Gasteiger partial charge in [-0.15, -0.1) is 17.9 Å². The monoisotopic (exact) mass is 256 g/mol. The summed E-state index contributed by atoms with van der Waals surface area (Å²) in [7, 11) is 0. The lowest BCUT2D eigenvalue weighted by atomic mass is 10.0. The Morgan fingerprint density at radius 2 is 1.17 bits per heavy atom. The molecule has 0 heterocycles. The Bertz CT molecular complexity index is 551. The van der Waals surface area contributed by atoms with Crippen LogP contribution in [0.4, 0.5) is 17.9 Å². The molecule has 0 N–H and O–H groups in total. The standard InChI is InChI=1S/C12H8F4N2/c13-17(14)11-8-5-1-3-7-4-2-6-9(10(7)8)12(11)18(15)16/h1-6,11-12H/t11-,12-/m1/s1. The number of halogens is 4. The summed E-state index contributed by atoms with van der Waals surface area (Å²) in [6.45, 7) is 0. The van der Waals surface area contributed by atoms with E-state index >= 15 is 0 Å². The molecule has 0 aliphatic heterocycles. The predicted octanol–water partition coefficient (Wildman–Crippen LogP) is 4.08. The molecular formula is C12H8F4N2. The highest BCUT2D eigenvalue weighted by atomic mass is 19.4. The molecule has 0 amide bonds. The van der Waals surface area contributed by atoms with Gasteiger partial charge in [0.25, 0.3) is 0 Å². The summed E-state index contributed by atoms with van der Waals surface area (Å²) < 4.78 is 51.7. The minimum absolute atomic E-state index is 0.235. The van der Waals surface area contributed by atoms with Crippen LogP contribution in [0.25, 0.3) is 10.8 Å². The Morgan fingerprint density at radius 3 is 1.56 bits per heavy atom. The van der Waals surface area contributed by atoms with Crippen molar-refractivity contribution >= 4 is 10.8 Å². The Morgan fingerprint density at radius 1 is 0.722 bits per heavy atom. The molecule has 0 spiro atoms. The Hall–Kier alpha value is -1.66. The van der Waals surface area contributed by atoms with Crippen molar-refractivity contribution in [3.8, 4) is 0 Å². The van der Waals surface area contributed by atoms with Gasteiger partial charge in [0, 0.05) is 10.7 Å². The summed E-state index contributed by atoms with van der Waals surface area (Å²) in [4.78, 5) is 0. The third-order valence-electron chi connectivity index (χ3n) is 3.33. The Kier molecular flexibility index (Phi) is 2.49. The maximum absolute atomic E-state index is 12.9. The highest BCUT2D eigenvalue weighted by Gasteiger charge is 2.44. The maximum Gasteiger partial charge on any atom is 0.124 e. The van der Waals surface area contributed by atoms with E-state index in [1.54, 1.807) is 24.3 Å². The van der Waals surface area contributed by atoms with Gasteiger partial charge >= 0.3 is 0 Å². The third kappa shape index (κ3) is 1.42. The van der Waals surface area contributed by atoms with Crippen LogP contribution >= 0.6 is 0 Å². The second-order valence-corrected chi connectivity index (χ2v) is 4.20. The van der Waals surface area contributed by atoms with Gasteiger partial charge in [0.1, 0.15) is 12.1 Å². The second-order valence-electron chi connectivity index (χ2n) is 4.20. The molecule has 2 nitrogen and oxygen atoms in total. The topological polar surface area (TPSA) is 6.48 Å². The minimum atomic E-state index is -1.64. The van der Waals surface area contributed by atoms with E-state index in [-0.39, 0.29) is 11.1 Å². The molecule has 0 saturated heterocycles. The highest BCUT2D eigenvalue weighted by Crippen LogP contribution is 2.50. The molecular weight excluding hydrogens is 248 g/mol. The zero-order chi connectivity index (χ0) is 12.9. The summed E-state index contributed by atoms with van der Waals surface area (Å²) in [5.74, 6) is 0. The van der Waals surface area contributed by atoms with E-state index in [9.17, 15) is 17.9 Å². The first kappa shape index (κ1) is 11.4. The Balaban J connectivity index is 2.32. The third-order valence-corrected chi connectivity index (χ3v) is 3.33. The van der Waals surface area contributed by atoms with Gasteiger partial charge in [-0.05, 0) is 21.9 Å². The molecule has 18 heavy (non-hydrogen) atoms. The summed E-state index contributed by atoms with van der Waals surface area (Å²) >= 11 is 0. The van der Waals surface area contributed by atoms with Crippen LogP contribution in [0.15, 0.2) is 36.4 Å². The van der Waals surface area contributed by atoms with Crippen LogP contribution in [0.3, 0.4) is 0 Å². The molecule has 1 aliphatic rings. The van der Waals surface area contributed by atoms with Crippen LogP contribution in [-0.4, -0.2) is 10.7 Å². The van der Waals surface area contributed by atoms with E-state index in [0.29, 0.717) is 10.8 Å². The van der Waals surface area contributed by atoms with E-state index in [1.807, 2.05) is 0 Å². The smallest absolute Gasteiger partial charge is 0.101 e. The van der Waals surface area contributed by atoms with E-state index < -0.39 is 22.8 Å². The quantitative estimate of drug-likeness (QED) is 0.590. The van der Waals surface area contributed by atoms with Gasteiger partial charge in [-0.2, -0.15) is 0 Å². The second kappa shape index (κ2) is 3.93. The van der Waals surface area contributed by atoms with E-state index in [4.69, 9.17) is 0 Å². The van der Waals surface area contributed by atoms with Crippen molar-refractivity contribution in [3.63, 3.8) is 0 Å². The lowest BCUT2D eigenvalue weighted by Gasteiger charge is -2.20. The molecule has 2 atom stereocenters. The summed E-state index contributed by atoms with van der Waals surface area (Å²) in [6, 6.07) is 6.30. The van der Waals surface area contributed by atoms with Gasteiger partial charge in [-0.1, -0.05) is 36.4 Å². The van der Waals surface area contributed by atoms with Crippen LogP contribution in [0.2, 0.25) is 0 Å². The summed E-state index contributed by atoms with van der Waals surface area (Å²) in [5.41, 5.74) is 0.469. The zero-order valence-electron chi connectivity index (χ0n) is 9.03. The molecule has 0 bridgehead atoms. The number of nitrogens with zero attached hydrogens (tertiary/aromatic N) is 2. The average Bonchev–Trinajstić information content (AvgIpc) is 2.67. The molecule has 0 aromatic heterocycles. The lowest BCUT2D eigenvalue weighted by Crippen LogP contribution is -2.23. The summed E-state index contributed by atoms with van der Waals surface area (Å²) in [6.07, 6.45) is 0. The number of rotatable bonds is 2. The molecule has 0 fully saturated rings. The molecule has 2 aromatic carbocycles. The molecule has 0 saturated carbocycles. The first-order valence-electron chi connectivity index (χ1n) is 5.34. The molecule has 6 heteroatoms. The molecule has 3 rings (SSSR count). The lowest BCUT2D eigenvalue weighted by molar-refractivity contribution is -0.260. The predicted molar refractivity (Wildman–Crippen MR) is 57.5 cm³/mol. The van der Waals surface area contributed by atoms with Crippen molar-refractivity contribution < 1.29 is 17.9 Å². The van der Waals surface area contributed by atoms with Crippen LogP contribution in [0.1, 0.15) is 23.2 Å². The first-order chi connectivity index (χ1) is 8.61. The van der Waals surface area contributed by atoms with Gasteiger partial charge in [-0.25, -0.2) is 0 Å². The fourth-order valence-corrected chi connectivity index (χ4v) is 2.66. The molecule has 2 aromatic rings. The van der Waals surface area contributed by atoms with Gasteiger partial charge in [-0.3, -0.25) is 0 Å². The highest BCUT2D eigenvalue weighted by molar-refractivity contribution is 5.92. The van der Waals surface area contributed by atoms with Crippen LogP contribution in [-0.2, 0) is 0 Å². The van der Waals surface area contributed by atoms with Gasteiger partial charge in [0.15, 0.2) is 0 Å². The maximum atomic E-state index is 12.9. The zero-order valence-corrected chi connectivity index (χ0v) is 9.03. The minimum Gasteiger partial charge on any atom is -0.101 e. The van der Waals surface area contributed by atoms with E-state index in [1.165, 1.54) is 12.1 Å². The fraction of sp³-hybridized carbons (Fsp3) is 0.167. The SMILES string of the molecule is FN(F)[C@@H]1c2cccc3cccc(c23)[C@H]1N(F)F. The van der Waals surface area contributed by atoms with E-state index in [0.717, 1.165) is 0 Å². The molecule has 94 valence electrons. The summed E-state index contributed by atoms with van der Waals surface area (Å²) in [5, 5.41) is -1.10. The Labute approximate surface area is 99.8 Å². The van der Waals surface area contributed by atoms with Crippen molar-refractivity contribution in [1.82, 2.24) is 10.7 Å². The van der Waals surface area contributed by atoms with Crippen LogP contribution in [0, 0.1) is 0 Å². The van der Waals surface area contributed by atoms with Gasteiger partial charge in [0.05, 0.1) is 0 Å². The van der Waals surface area contributed by atoms with E-state index in [2.05, 4.69) is 0 Å². The molecule has 0 radical (unpaired) electrons. The van der Waals surface area contributed by atoms with Crippen LogP contribution in [0.5, 0.6) is 0 Å². The largest absolute Gasteiger partial charge is 0.124 e. The molecule has 1 aliphatic carbocycles. The van der Waals surface area contributed by atoms with Crippen molar-refractivity contribution in [3.05, 3.63) is 47.5 Å². The number of hydrogen-bond donors (Lipinski definition) is 0. The van der Waals surface area contributed by atoms with Crippen molar-refractivity contribution in [2.45, 2.75) is 12.1 Å². The number of benzene rings is 2. The van der Waals surface area contributed by atoms with Crippen LogP contribution < -0.4 is 0 Å². The van der Waals surface area contributed by atoms with Gasteiger partial charge < -0.3 is 0 Å². The number of hydrogen-bond acceptors (Lipinski definition) is 2. The average molecular weight is 256 g/mol. The fourth-order valence-electron chi connectivity index (χ4n) is 2.66. The van der Waals surface area contributed by atoms with Crippen molar-refractivity contribution in [2.75, 3.05) is 0 Å². The van der Waals surface area contributed by atoms with Crippen molar-refractivity contribution in [2.24, 2.45) is 0 Å². The van der Waals surface area contributed by atoms with Gasteiger partial charge in [0.2, 0.25) is 0 Å². The molecule has 0 unspecified atom stereocenters. The normalized spacial score (nSPS) is 22.3. The first-order valence-corrected chi connectivity index (χ1v) is 5.34. The van der Waals surface area contributed by atoms with Crippen molar-refractivity contribution in [1.29, 1.82) is 0 Å².